The Balaban J connectivity index is 0. The van der Waals surface area contributed by atoms with Gasteiger partial charge in [0.05, 0.1) is 11.4 Å². The van der Waals surface area contributed by atoms with Crippen molar-refractivity contribution >= 4 is 17.1 Å². The van der Waals surface area contributed by atoms with Crippen LogP contribution in [-0.4, -0.2) is 0 Å². The minimum atomic E-state index is -0.513. The van der Waals surface area contributed by atoms with E-state index in [0.717, 1.165) is 23.2 Å². The summed E-state index contributed by atoms with van der Waals surface area (Å²) in [6, 6.07) is 60.4. The first-order valence-corrected chi connectivity index (χ1v) is 20.3. The third-order valence-electron chi connectivity index (χ3n) is 7.98. The normalized spacial score (nSPS) is 10.4. The molecule has 54 heavy (non-hydrogen) atoms. The molecule has 1 radical (unpaired) electrons. The number of aryl methyl sites for hydroxylation is 2. The van der Waals surface area contributed by atoms with E-state index in [1.54, 1.807) is 0 Å². The molecule has 0 amide bonds. The molecule has 6 aromatic carbocycles. The van der Waals surface area contributed by atoms with Gasteiger partial charge in [0.2, 0.25) is 0 Å². The second kappa shape index (κ2) is 31.6. The predicted molar refractivity (Wildman–Crippen MR) is 239 cm³/mol. The smallest absolute Gasteiger partial charge is 0.0508 e. The molecule has 0 unspecified atom stereocenters. The zero-order valence-corrected chi connectivity index (χ0v) is 39.0. The Morgan fingerprint density at radius 1 is 0.444 bits per heavy atom. The van der Waals surface area contributed by atoms with Gasteiger partial charge in [-0.2, -0.15) is 60.7 Å². The van der Waals surface area contributed by atoms with Gasteiger partial charge in [0, 0.05) is 43.8 Å². The molecule has 0 spiro atoms. The topological polar surface area (TPSA) is 3.24 Å². The summed E-state index contributed by atoms with van der Waals surface area (Å²) < 4.78 is 0. The first-order chi connectivity index (χ1) is 26.2. The van der Waals surface area contributed by atoms with Gasteiger partial charge in [0.15, 0.2) is 0 Å². The molecule has 0 saturated heterocycles. The average molecular weight is 797 g/mol. The molecule has 1 nitrogen and oxygen atoms in total. The third-order valence-corrected chi connectivity index (χ3v) is 7.98. The molecule has 1 aliphatic rings. The third kappa shape index (κ3) is 12.9. The van der Waals surface area contributed by atoms with E-state index in [1.807, 2.05) is 107 Å². The number of para-hydroxylation sites is 3. The zero-order chi connectivity index (χ0) is 40.1. The fourth-order valence-electron chi connectivity index (χ4n) is 6.09. The maximum absolute atomic E-state index is 3.58. The fourth-order valence-corrected chi connectivity index (χ4v) is 6.09. The van der Waals surface area contributed by atoms with Gasteiger partial charge in [-0.1, -0.05) is 169 Å². The SMILES string of the molecule is CC.CC.CC.CC.CC.CC.CCc1ccccc1C.[Y].[c-]1ccccc1C1(c2[c-]cccc2)c2ccccc2N(c2ccccc2)c2ccccc21. The Kier molecular flexibility index (Phi) is 30.6. The van der Waals surface area contributed by atoms with Crippen LogP contribution in [0.5, 0.6) is 0 Å². The summed E-state index contributed by atoms with van der Waals surface area (Å²) in [5, 5.41) is 0. The van der Waals surface area contributed by atoms with E-state index >= 15 is 0 Å². The minimum absolute atomic E-state index is 0. The van der Waals surface area contributed by atoms with Crippen molar-refractivity contribution in [2.45, 2.75) is 109 Å². The molecule has 7 rings (SSSR count). The van der Waals surface area contributed by atoms with Crippen molar-refractivity contribution < 1.29 is 32.7 Å². The van der Waals surface area contributed by atoms with E-state index in [-0.39, 0.29) is 32.7 Å². The van der Waals surface area contributed by atoms with Gasteiger partial charge in [0.25, 0.3) is 0 Å². The number of rotatable bonds is 4. The standard InChI is InChI=1S/C31H21N.C9H12.6C2H6.Y/c1-4-14-24(15-5-1)31(25-16-6-2-7-17-25)27-20-10-12-22-29(27)32(26-18-8-3-9-19-26)30-23-13-11-21-28(30)31;1-3-9-7-5-4-6-8(9)2;6*1-2;/h1-14,16,18-23H;4-7H,3H2,1-2H3;6*1-2H3;/q-2;;;;;;;;. The van der Waals surface area contributed by atoms with Crippen LogP contribution in [0.4, 0.5) is 17.1 Å². The van der Waals surface area contributed by atoms with Crippen molar-refractivity contribution in [3.8, 4) is 0 Å². The Labute approximate surface area is 358 Å². The predicted octanol–water partition coefficient (Wildman–Crippen LogP) is 16.2. The molecule has 287 valence electrons. The molecule has 0 bridgehead atoms. The van der Waals surface area contributed by atoms with Gasteiger partial charge in [-0.25, -0.2) is 0 Å². The van der Waals surface area contributed by atoms with Crippen LogP contribution in [-0.2, 0) is 44.5 Å². The first-order valence-electron chi connectivity index (χ1n) is 20.3. The minimum Gasteiger partial charge on any atom is -0.310 e. The van der Waals surface area contributed by atoms with Crippen LogP contribution in [0.1, 0.15) is 123 Å². The zero-order valence-electron chi connectivity index (χ0n) is 36.2. The molecule has 1 aliphatic heterocycles. The van der Waals surface area contributed by atoms with Crippen LogP contribution >= 0.6 is 0 Å². The number of fused-ring (bicyclic) bond motifs is 2. The largest absolute Gasteiger partial charge is 0.310 e. The van der Waals surface area contributed by atoms with Crippen LogP contribution in [0.25, 0.3) is 0 Å². The van der Waals surface area contributed by atoms with Crippen LogP contribution in [0.3, 0.4) is 0 Å². The van der Waals surface area contributed by atoms with Gasteiger partial charge in [-0.3, -0.25) is 0 Å². The first kappa shape index (κ1) is 52.3. The summed E-state index contributed by atoms with van der Waals surface area (Å²) >= 11 is 0. The van der Waals surface area contributed by atoms with Crippen LogP contribution in [0, 0.1) is 19.1 Å². The summed E-state index contributed by atoms with van der Waals surface area (Å²) in [4.78, 5) is 2.37. The van der Waals surface area contributed by atoms with Gasteiger partial charge >= 0.3 is 0 Å². The Hall–Kier alpha value is -3.78. The van der Waals surface area contributed by atoms with E-state index in [2.05, 4.69) is 158 Å². The van der Waals surface area contributed by atoms with Crippen LogP contribution in [0.15, 0.2) is 152 Å². The Morgan fingerprint density at radius 3 is 1.19 bits per heavy atom. The van der Waals surface area contributed by atoms with E-state index < -0.39 is 5.41 Å². The molecule has 6 aromatic rings. The van der Waals surface area contributed by atoms with Crippen molar-refractivity contribution in [3.05, 3.63) is 197 Å². The second-order valence-corrected chi connectivity index (χ2v) is 10.3. The van der Waals surface area contributed by atoms with Gasteiger partial charge < -0.3 is 4.90 Å². The summed E-state index contributed by atoms with van der Waals surface area (Å²) in [5.74, 6) is 0. The number of nitrogens with zero attached hydrogens (tertiary/aromatic N) is 1. The quantitative estimate of drug-likeness (QED) is 0.160. The van der Waals surface area contributed by atoms with E-state index in [0.29, 0.717) is 0 Å². The molecule has 0 N–H and O–H groups in total. The van der Waals surface area contributed by atoms with E-state index in [4.69, 9.17) is 0 Å². The molecular formula is C52H69NY-2. The van der Waals surface area contributed by atoms with Gasteiger partial charge in [-0.15, -0.1) is 11.1 Å². The number of benzene rings is 6. The maximum Gasteiger partial charge on any atom is 0.0508 e. The second-order valence-electron chi connectivity index (χ2n) is 10.3. The van der Waals surface area contributed by atoms with Crippen molar-refractivity contribution in [2.75, 3.05) is 4.90 Å². The van der Waals surface area contributed by atoms with E-state index in [9.17, 15) is 0 Å². The van der Waals surface area contributed by atoms with Gasteiger partial charge in [0.1, 0.15) is 0 Å². The van der Waals surface area contributed by atoms with Crippen LogP contribution < -0.4 is 4.90 Å². The average Bonchev–Trinajstić information content (AvgIpc) is 3.28. The molecule has 0 aliphatic carbocycles. The number of hydrogen-bond donors (Lipinski definition) is 0. The van der Waals surface area contributed by atoms with Crippen molar-refractivity contribution in [1.82, 2.24) is 0 Å². The van der Waals surface area contributed by atoms with Gasteiger partial charge in [-0.05, 0) is 59.9 Å². The molecule has 0 fully saturated rings. The van der Waals surface area contributed by atoms with E-state index in [1.165, 1.54) is 33.6 Å². The summed E-state index contributed by atoms with van der Waals surface area (Å²) in [5.41, 5.74) is 10.5. The molecule has 0 saturated carbocycles. The fraction of sp³-hybridized carbons (Fsp3) is 0.308. The van der Waals surface area contributed by atoms with Crippen molar-refractivity contribution in [3.63, 3.8) is 0 Å². The summed E-state index contributed by atoms with van der Waals surface area (Å²) in [6.45, 7) is 28.3. The molecule has 1 heterocycles. The Bertz CT molecular complexity index is 1640. The van der Waals surface area contributed by atoms with Crippen LogP contribution in [0.2, 0.25) is 0 Å². The monoisotopic (exact) mass is 796 g/mol. The summed E-state index contributed by atoms with van der Waals surface area (Å²) in [6.07, 6.45) is 1.15. The number of anilines is 3. The molecule has 0 aromatic heterocycles. The van der Waals surface area contributed by atoms with Crippen molar-refractivity contribution in [1.29, 1.82) is 0 Å². The molecule has 0 atom stereocenters. The molecular weight excluding hydrogens is 727 g/mol. The maximum atomic E-state index is 3.58. The molecule has 2 heteroatoms. The Morgan fingerprint density at radius 2 is 0.815 bits per heavy atom. The summed E-state index contributed by atoms with van der Waals surface area (Å²) in [7, 11) is 0. The van der Waals surface area contributed by atoms with Crippen molar-refractivity contribution in [2.24, 2.45) is 0 Å². The number of hydrogen-bond acceptors (Lipinski definition) is 1.